The Morgan fingerprint density at radius 2 is 1.90 bits per heavy atom. The molecule has 2 atom stereocenters. The fourth-order valence-electron chi connectivity index (χ4n) is 2.42. The lowest BCUT2D eigenvalue weighted by Gasteiger charge is -2.27. The highest BCUT2D eigenvalue weighted by Gasteiger charge is 2.42. The molecule has 2 rings (SSSR count). The number of amides is 1. The Balaban J connectivity index is 2.02. The largest absolute Gasteiger partial charge is 0.467 e. The van der Waals surface area contributed by atoms with Crippen molar-refractivity contribution in [3.63, 3.8) is 0 Å². The van der Waals surface area contributed by atoms with E-state index in [0.717, 1.165) is 5.56 Å². The number of esters is 1. The summed E-state index contributed by atoms with van der Waals surface area (Å²) >= 11 is 0. The van der Waals surface area contributed by atoms with Gasteiger partial charge in [0.1, 0.15) is 18.9 Å². The minimum Gasteiger partial charge on any atom is -0.467 e. The minimum absolute atomic E-state index is 0.153. The molecule has 0 N–H and O–H groups in total. The van der Waals surface area contributed by atoms with E-state index in [2.05, 4.69) is 0 Å². The number of hydrogen-bond acceptors (Lipinski definition) is 5. The maximum Gasteiger partial charge on any atom is 0.412 e. The van der Waals surface area contributed by atoms with Crippen LogP contribution in [0.25, 0.3) is 0 Å². The molecule has 1 aromatic rings. The van der Waals surface area contributed by atoms with Gasteiger partial charge in [-0.2, -0.15) is 0 Å². The van der Waals surface area contributed by atoms with E-state index in [1.165, 1.54) is 19.1 Å². The molecule has 21 heavy (non-hydrogen) atoms. The molecular formula is C15H19NO5. The van der Waals surface area contributed by atoms with Crippen LogP contribution in [-0.2, 0) is 25.6 Å². The number of likely N-dealkylation sites (tertiary alicyclic amines) is 1. The lowest BCUT2D eigenvalue weighted by molar-refractivity contribution is -0.147. The van der Waals surface area contributed by atoms with Crippen molar-refractivity contribution >= 4 is 12.1 Å². The number of carbonyl (C=O) groups is 2. The third-order valence-corrected chi connectivity index (χ3v) is 3.49. The lowest BCUT2D eigenvalue weighted by atomic mass is 10.2. The van der Waals surface area contributed by atoms with E-state index in [1.54, 1.807) is 0 Å². The number of rotatable bonds is 4. The first kappa shape index (κ1) is 15.3. The van der Waals surface area contributed by atoms with Gasteiger partial charge >= 0.3 is 12.1 Å². The third-order valence-electron chi connectivity index (χ3n) is 3.49. The third kappa shape index (κ3) is 3.52. The van der Waals surface area contributed by atoms with Crippen molar-refractivity contribution in [1.29, 1.82) is 0 Å². The second kappa shape index (κ2) is 7.08. The first-order valence-electron chi connectivity index (χ1n) is 6.77. The van der Waals surface area contributed by atoms with Crippen molar-refractivity contribution in [1.82, 2.24) is 4.90 Å². The van der Waals surface area contributed by atoms with Crippen LogP contribution >= 0.6 is 0 Å². The molecule has 6 nitrogen and oxygen atoms in total. The lowest BCUT2D eigenvalue weighted by Crippen LogP contribution is -2.46. The van der Waals surface area contributed by atoms with Gasteiger partial charge in [0.05, 0.1) is 7.11 Å². The Bertz CT molecular complexity index is 490. The molecular weight excluding hydrogens is 274 g/mol. The molecule has 1 aliphatic heterocycles. The topological polar surface area (TPSA) is 65.1 Å². The van der Waals surface area contributed by atoms with Crippen molar-refractivity contribution in [3.05, 3.63) is 35.9 Å². The van der Waals surface area contributed by atoms with Gasteiger partial charge < -0.3 is 14.2 Å². The zero-order valence-electron chi connectivity index (χ0n) is 12.2. The summed E-state index contributed by atoms with van der Waals surface area (Å²) in [5, 5.41) is 0. The number of ether oxygens (including phenoxy) is 3. The highest BCUT2D eigenvalue weighted by molar-refractivity contribution is 5.82. The van der Waals surface area contributed by atoms with Crippen LogP contribution in [-0.4, -0.2) is 43.5 Å². The minimum atomic E-state index is -0.650. The standard InChI is InChI=1S/C15H19NO5/c1-19-13-9-8-12(14(17)20-2)16(13)15(18)21-10-11-6-4-3-5-7-11/h3-7,12-13H,8-10H2,1-2H3. The van der Waals surface area contributed by atoms with Crippen molar-refractivity contribution < 1.29 is 23.8 Å². The molecule has 114 valence electrons. The van der Waals surface area contributed by atoms with Gasteiger partial charge in [0.25, 0.3) is 0 Å². The average molecular weight is 293 g/mol. The predicted molar refractivity (Wildman–Crippen MR) is 74.3 cm³/mol. The van der Waals surface area contributed by atoms with E-state index in [4.69, 9.17) is 14.2 Å². The van der Waals surface area contributed by atoms with Crippen LogP contribution in [0.4, 0.5) is 4.79 Å². The van der Waals surface area contributed by atoms with Crippen LogP contribution in [0.3, 0.4) is 0 Å². The maximum atomic E-state index is 12.2. The molecule has 2 unspecified atom stereocenters. The van der Waals surface area contributed by atoms with Crippen LogP contribution < -0.4 is 0 Å². The summed E-state index contributed by atoms with van der Waals surface area (Å²) in [7, 11) is 2.80. The van der Waals surface area contributed by atoms with Gasteiger partial charge in [0, 0.05) is 7.11 Å². The molecule has 0 aliphatic carbocycles. The number of methoxy groups -OCH3 is 2. The van der Waals surface area contributed by atoms with Crippen LogP contribution in [0.15, 0.2) is 30.3 Å². The Morgan fingerprint density at radius 1 is 1.19 bits per heavy atom. The van der Waals surface area contributed by atoms with Crippen molar-refractivity contribution in [2.45, 2.75) is 31.7 Å². The molecule has 1 amide bonds. The molecule has 0 spiro atoms. The molecule has 0 saturated carbocycles. The van der Waals surface area contributed by atoms with Gasteiger partial charge in [-0.15, -0.1) is 0 Å². The molecule has 0 radical (unpaired) electrons. The van der Waals surface area contributed by atoms with Crippen LogP contribution in [0.2, 0.25) is 0 Å². The van der Waals surface area contributed by atoms with E-state index in [1.807, 2.05) is 30.3 Å². The fourth-order valence-corrected chi connectivity index (χ4v) is 2.42. The van der Waals surface area contributed by atoms with Gasteiger partial charge in [-0.05, 0) is 18.4 Å². The normalized spacial score (nSPS) is 21.1. The second-order valence-electron chi connectivity index (χ2n) is 4.75. The van der Waals surface area contributed by atoms with Crippen LogP contribution in [0, 0.1) is 0 Å². The van der Waals surface area contributed by atoms with Gasteiger partial charge in [-0.3, -0.25) is 4.90 Å². The highest BCUT2D eigenvalue weighted by atomic mass is 16.6. The quantitative estimate of drug-likeness (QED) is 0.794. The smallest absolute Gasteiger partial charge is 0.412 e. The fraction of sp³-hybridized carbons (Fsp3) is 0.467. The summed E-state index contributed by atoms with van der Waals surface area (Å²) in [5.41, 5.74) is 0.883. The monoisotopic (exact) mass is 293 g/mol. The van der Waals surface area contributed by atoms with Crippen LogP contribution in [0.5, 0.6) is 0 Å². The van der Waals surface area contributed by atoms with E-state index in [9.17, 15) is 9.59 Å². The van der Waals surface area contributed by atoms with Crippen molar-refractivity contribution in [2.75, 3.05) is 14.2 Å². The van der Waals surface area contributed by atoms with Gasteiger partial charge in [0.15, 0.2) is 0 Å². The summed E-state index contributed by atoms with van der Waals surface area (Å²) in [6.07, 6.45) is 0.0541. The number of carbonyl (C=O) groups excluding carboxylic acids is 2. The molecule has 1 aliphatic rings. The van der Waals surface area contributed by atoms with Gasteiger partial charge in [-0.25, -0.2) is 9.59 Å². The number of benzene rings is 1. The highest BCUT2D eigenvalue weighted by Crippen LogP contribution is 2.26. The SMILES string of the molecule is COC(=O)C1CCC(OC)N1C(=O)OCc1ccccc1. The average Bonchev–Trinajstić information content (AvgIpc) is 2.96. The summed E-state index contributed by atoms with van der Waals surface area (Å²) < 4.78 is 15.2. The van der Waals surface area contributed by atoms with Crippen molar-refractivity contribution in [3.8, 4) is 0 Å². The molecule has 1 heterocycles. The Morgan fingerprint density at radius 3 is 2.52 bits per heavy atom. The molecule has 1 fully saturated rings. The molecule has 6 heteroatoms. The van der Waals surface area contributed by atoms with E-state index in [0.29, 0.717) is 12.8 Å². The van der Waals surface area contributed by atoms with Gasteiger partial charge in [0.2, 0.25) is 0 Å². The zero-order chi connectivity index (χ0) is 15.2. The maximum absolute atomic E-state index is 12.2. The van der Waals surface area contributed by atoms with E-state index >= 15 is 0 Å². The Kier molecular flexibility index (Phi) is 5.16. The summed E-state index contributed by atoms with van der Waals surface area (Å²) in [4.78, 5) is 25.3. The summed E-state index contributed by atoms with van der Waals surface area (Å²) in [5.74, 6) is -0.453. The van der Waals surface area contributed by atoms with Crippen LogP contribution in [0.1, 0.15) is 18.4 Å². The molecule has 0 bridgehead atoms. The molecule has 0 aromatic heterocycles. The summed E-state index contributed by atoms with van der Waals surface area (Å²) in [6, 6.07) is 8.71. The van der Waals surface area contributed by atoms with E-state index in [-0.39, 0.29) is 6.61 Å². The number of hydrogen-bond donors (Lipinski definition) is 0. The first-order valence-corrected chi connectivity index (χ1v) is 6.77. The zero-order valence-corrected chi connectivity index (χ0v) is 12.2. The summed E-state index contributed by atoms with van der Waals surface area (Å²) in [6.45, 7) is 0.153. The second-order valence-corrected chi connectivity index (χ2v) is 4.75. The van der Waals surface area contributed by atoms with Gasteiger partial charge in [-0.1, -0.05) is 30.3 Å². The predicted octanol–water partition coefficient (Wildman–Crippen LogP) is 1.93. The molecule has 1 aromatic carbocycles. The molecule has 1 saturated heterocycles. The Labute approximate surface area is 123 Å². The first-order chi connectivity index (χ1) is 10.2. The number of nitrogens with zero attached hydrogens (tertiary/aromatic N) is 1. The Hall–Kier alpha value is -2.08. The van der Waals surface area contributed by atoms with E-state index < -0.39 is 24.3 Å². The van der Waals surface area contributed by atoms with Crippen molar-refractivity contribution in [2.24, 2.45) is 0 Å².